The number of ether oxygens (including phenoxy) is 1. The van der Waals surface area contributed by atoms with Gasteiger partial charge >= 0.3 is 5.97 Å². The monoisotopic (exact) mass is 270 g/mol. The summed E-state index contributed by atoms with van der Waals surface area (Å²) in [5, 5.41) is -0.0326. The molecule has 2 atom stereocenters. The highest BCUT2D eigenvalue weighted by atomic mass is 28.3. The molecule has 0 radical (unpaired) electrons. The Morgan fingerprint density at radius 2 is 1.78 bits per heavy atom. The van der Waals surface area contributed by atoms with E-state index in [1.54, 1.807) is 7.11 Å². The van der Waals surface area contributed by atoms with E-state index >= 15 is 0 Å². The average Bonchev–Trinajstić information content (AvgIpc) is 3.14. The van der Waals surface area contributed by atoms with Gasteiger partial charge in [-0.25, -0.2) is 0 Å². The molecule has 0 aromatic heterocycles. The van der Waals surface area contributed by atoms with Crippen LogP contribution in [0.1, 0.15) is 53.4 Å². The van der Waals surface area contributed by atoms with Gasteiger partial charge in [0.25, 0.3) is 0 Å². The minimum absolute atomic E-state index is 0.0326. The Kier molecular flexibility index (Phi) is 5.44. The van der Waals surface area contributed by atoms with Crippen LogP contribution in [-0.4, -0.2) is 21.2 Å². The van der Waals surface area contributed by atoms with Crippen molar-refractivity contribution in [1.29, 1.82) is 0 Å². The van der Waals surface area contributed by atoms with Gasteiger partial charge in [0.15, 0.2) is 0 Å². The van der Waals surface area contributed by atoms with Gasteiger partial charge in [-0.1, -0.05) is 58.7 Å². The molecule has 0 saturated heterocycles. The first kappa shape index (κ1) is 15.7. The Hall–Kier alpha value is -0.313. The summed E-state index contributed by atoms with van der Waals surface area (Å²) in [4.78, 5) is 12.4. The highest BCUT2D eigenvalue weighted by Gasteiger charge is 2.69. The van der Waals surface area contributed by atoms with Crippen molar-refractivity contribution in [2.24, 2.45) is 5.92 Å². The third-order valence-electron chi connectivity index (χ3n) is 5.54. The fourth-order valence-corrected chi connectivity index (χ4v) is 9.74. The minimum atomic E-state index is -1.51. The smallest absolute Gasteiger partial charge is 0.309 e. The van der Waals surface area contributed by atoms with E-state index in [-0.39, 0.29) is 11.0 Å². The Labute approximate surface area is 113 Å². The molecule has 1 rings (SSSR count). The molecule has 0 bridgehead atoms. The van der Waals surface area contributed by atoms with Gasteiger partial charge in [0, 0.05) is 0 Å². The molecule has 0 spiro atoms. The first-order chi connectivity index (χ1) is 8.58. The molecule has 0 N–H and O–H groups in total. The molecule has 0 unspecified atom stereocenters. The Balaban J connectivity index is 2.97. The average molecular weight is 270 g/mol. The molecule has 18 heavy (non-hydrogen) atoms. The van der Waals surface area contributed by atoms with Crippen molar-refractivity contribution in [3.63, 3.8) is 0 Å². The van der Waals surface area contributed by atoms with Crippen molar-refractivity contribution in [3.8, 4) is 0 Å². The number of hydrogen-bond donors (Lipinski definition) is 0. The van der Waals surface area contributed by atoms with Crippen molar-refractivity contribution in [1.82, 2.24) is 0 Å². The molecular formula is C15H30O2Si. The molecule has 0 aliphatic heterocycles. The summed E-state index contributed by atoms with van der Waals surface area (Å²) in [6.45, 7) is 9.10. The van der Waals surface area contributed by atoms with Crippen LogP contribution < -0.4 is 0 Å². The molecule has 2 nitrogen and oxygen atoms in total. The van der Waals surface area contributed by atoms with Crippen molar-refractivity contribution in [2.45, 2.75) is 76.5 Å². The molecule has 106 valence electrons. The van der Waals surface area contributed by atoms with E-state index in [0.29, 0.717) is 5.92 Å². The van der Waals surface area contributed by atoms with Crippen LogP contribution in [0.2, 0.25) is 23.2 Å². The largest absolute Gasteiger partial charge is 0.469 e. The van der Waals surface area contributed by atoms with Crippen LogP contribution >= 0.6 is 0 Å². The minimum Gasteiger partial charge on any atom is -0.469 e. The van der Waals surface area contributed by atoms with Gasteiger partial charge in [-0.15, -0.1) is 0 Å². The first-order valence-electron chi connectivity index (χ1n) is 7.66. The standard InChI is InChI=1S/C15H30O2Si/c1-6-10-11-13-12-15(13,14(16)17-5)18(7-2,8-3)9-4/h13H,6-12H2,1-5H3/t13-,15+/m0/s1. The van der Waals surface area contributed by atoms with Gasteiger partial charge < -0.3 is 4.74 Å². The lowest BCUT2D eigenvalue weighted by molar-refractivity contribution is -0.142. The summed E-state index contributed by atoms with van der Waals surface area (Å²) >= 11 is 0. The maximum atomic E-state index is 12.4. The predicted molar refractivity (Wildman–Crippen MR) is 79.5 cm³/mol. The number of hydrogen-bond acceptors (Lipinski definition) is 2. The topological polar surface area (TPSA) is 26.3 Å². The van der Waals surface area contributed by atoms with Gasteiger partial charge in [0.2, 0.25) is 0 Å². The number of esters is 1. The van der Waals surface area contributed by atoms with Crippen LogP contribution in [0.5, 0.6) is 0 Å². The highest BCUT2D eigenvalue weighted by Crippen LogP contribution is 2.70. The molecule has 1 fully saturated rings. The van der Waals surface area contributed by atoms with E-state index in [0.717, 1.165) is 6.42 Å². The van der Waals surface area contributed by atoms with Gasteiger partial charge in [0.1, 0.15) is 0 Å². The summed E-state index contributed by atoms with van der Waals surface area (Å²) in [5.74, 6) is 0.734. The lowest BCUT2D eigenvalue weighted by Gasteiger charge is -2.37. The molecule has 1 aliphatic rings. The Morgan fingerprint density at radius 1 is 1.22 bits per heavy atom. The summed E-state index contributed by atoms with van der Waals surface area (Å²) in [6.07, 6.45) is 4.82. The molecule has 0 amide bonds. The summed E-state index contributed by atoms with van der Waals surface area (Å²) in [6, 6.07) is 3.66. The van der Waals surface area contributed by atoms with Crippen molar-refractivity contribution >= 4 is 14.0 Å². The predicted octanol–water partition coefficient (Wildman–Crippen LogP) is 4.62. The van der Waals surface area contributed by atoms with Crippen LogP contribution in [0, 0.1) is 5.92 Å². The number of carbonyl (C=O) groups excluding carboxylic acids is 1. The fourth-order valence-electron chi connectivity index (χ4n) is 4.12. The quantitative estimate of drug-likeness (QED) is 0.475. The molecule has 3 heteroatoms. The molecule has 0 heterocycles. The van der Waals surface area contributed by atoms with Crippen LogP contribution in [-0.2, 0) is 9.53 Å². The molecule has 1 saturated carbocycles. The lowest BCUT2D eigenvalue weighted by Crippen LogP contribution is -2.44. The second-order valence-electron chi connectivity index (χ2n) is 5.85. The normalized spacial score (nSPS) is 27.1. The number of carbonyl (C=O) groups is 1. The van der Waals surface area contributed by atoms with Crippen LogP contribution in [0.3, 0.4) is 0 Å². The Bertz CT molecular complexity index is 278. The van der Waals surface area contributed by atoms with E-state index in [2.05, 4.69) is 27.7 Å². The van der Waals surface area contributed by atoms with Crippen LogP contribution in [0.4, 0.5) is 0 Å². The van der Waals surface area contributed by atoms with Crippen LogP contribution in [0.15, 0.2) is 0 Å². The maximum absolute atomic E-state index is 12.4. The molecule has 0 aromatic carbocycles. The molecule has 1 aliphatic carbocycles. The zero-order chi connectivity index (χ0) is 13.8. The SMILES string of the molecule is CCCC[C@H]1C[C@@]1(C(=O)OC)[Si](CC)(CC)CC. The molecule has 0 aromatic rings. The van der Waals surface area contributed by atoms with Crippen molar-refractivity contribution in [2.75, 3.05) is 7.11 Å². The highest BCUT2D eigenvalue weighted by molar-refractivity contribution is 6.86. The maximum Gasteiger partial charge on any atom is 0.309 e. The first-order valence-corrected chi connectivity index (χ1v) is 10.3. The fraction of sp³-hybridized carbons (Fsp3) is 0.933. The van der Waals surface area contributed by atoms with Crippen molar-refractivity contribution in [3.05, 3.63) is 0 Å². The summed E-state index contributed by atoms with van der Waals surface area (Å²) < 4.78 is 5.20. The van der Waals surface area contributed by atoms with E-state index in [1.807, 2.05) is 0 Å². The summed E-state index contributed by atoms with van der Waals surface area (Å²) in [5.41, 5.74) is 0. The van der Waals surface area contributed by atoms with Gasteiger partial charge in [0.05, 0.1) is 20.2 Å². The summed E-state index contributed by atoms with van der Waals surface area (Å²) in [7, 11) is 0.0633. The van der Waals surface area contributed by atoms with Gasteiger partial charge in [-0.3, -0.25) is 4.79 Å². The van der Waals surface area contributed by atoms with E-state index in [4.69, 9.17) is 4.74 Å². The van der Waals surface area contributed by atoms with Crippen molar-refractivity contribution < 1.29 is 9.53 Å². The second-order valence-corrected chi connectivity index (χ2v) is 11.4. The number of methoxy groups -OCH3 is 1. The third kappa shape index (κ3) is 2.26. The van der Waals surface area contributed by atoms with E-state index in [1.165, 1.54) is 37.4 Å². The van der Waals surface area contributed by atoms with E-state index in [9.17, 15) is 4.79 Å². The molecular weight excluding hydrogens is 240 g/mol. The Morgan fingerprint density at radius 3 is 2.17 bits per heavy atom. The number of unbranched alkanes of at least 4 members (excludes halogenated alkanes) is 1. The van der Waals surface area contributed by atoms with Gasteiger partial charge in [-0.05, 0) is 18.8 Å². The zero-order valence-corrected chi connectivity index (χ0v) is 13.8. The van der Waals surface area contributed by atoms with Crippen LogP contribution in [0.25, 0.3) is 0 Å². The van der Waals surface area contributed by atoms with E-state index < -0.39 is 8.07 Å². The zero-order valence-electron chi connectivity index (χ0n) is 12.8. The third-order valence-corrected chi connectivity index (χ3v) is 12.3. The second kappa shape index (κ2) is 6.22. The van der Waals surface area contributed by atoms with Gasteiger partial charge in [-0.2, -0.15) is 0 Å². The number of rotatable bonds is 8. The lowest BCUT2D eigenvalue weighted by atomic mass is 10.1.